The first kappa shape index (κ1) is 19.4. The van der Waals surface area contributed by atoms with E-state index < -0.39 is 33.3 Å². The van der Waals surface area contributed by atoms with Gasteiger partial charge in [-0.15, -0.1) is 0 Å². The minimum Gasteiger partial charge on any atom is -0.464 e. The van der Waals surface area contributed by atoms with Gasteiger partial charge in [0.25, 0.3) is 0 Å². The highest BCUT2D eigenvalue weighted by atomic mass is 32.2. The van der Waals surface area contributed by atoms with E-state index in [1.165, 1.54) is 12.1 Å². The number of ether oxygens (including phenoxy) is 1. The Balaban J connectivity index is 2.63. The van der Waals surface area contributed by atoms with Gasteiger partial charge in [-0.1, -0.05) is 0 Å². The van der Waals surface area contributed by atoms with Crippen molar-refractivity contribution in [3.05, 3.63) is 35.8 Å². The second-order valence-electron chi connectivity index (χ2n) is 4.86. The smallest absolute Gasteiger partial charge is 0.464 e. The Hall–Kier alpha value is -2.89. The molecule has 0 unspecified atom stereocenters. The van der Waals surface area contributed by atoms with Gasteiger partial charge in [0, 0.05) is 24.2 Å². The summed E-state index contributed by atoms with van der Waals surface area (Å²) in [5.41, 5.74) is -6.30. The summed E-state index contributed by atoms with van der Waals surface area (Å²) in [6.07, 6.45) is 1.01. The second kappa shape index (κ2) is 6.78. The van der Waals surface area contributed by atoms with Crippen LogP contribution in [0.3, 0.4) is 0 Å². The molecule has 0 aliphatic heterocycles. The number of H-pyrrole nitrogens is 1. The number of carbonyl (C=O) groups excluding carboxylic acids is 2. The first-order valence-corrected chi connectivity index (χ1v) is 8.17. The molecule has 1 N–H and O–H groups in total. The molecule has 2 aromatic heterocycles. The molecule has 0 atom stereocenters. The Morgan fingerprint density at radius 1 is 1.23 bits per heavy atom. The Morgan fingerprint density at radius 3 is 2.42 bits per heavy atom. The zero-order valence-electron chi connectivity index (χ0n) is 13.2. The fourth-order valence-electron chi connectivity index (χ4n) is 1.98. The third kappa shape index (κ3) is 3.69. The van der Waals surface area contributed by atoms with E-state index in [4.69, 9.17) is 0 Å². The molecule has 0 amide bonds. The standard InChI is InChI=1S/C14H11F3N2O6S/c1-7(20)11-9(6-10(19-11)13(21)24-2)8-4-3-5-18-12(8)25-26(22,23)14(15,16)17/h3-6,19H,1-2H3. The van der Waals surface area contributed by atoms with Crippen molar-refractivity contribution in [2.24, 2.45) is 0 Å². The number of hydrogen-bond acceptors (Lipinski definition) is 7. The van der Waals surface area contributed by atoms with Crippen molar-refractivity contribution >= 4 is 21.9 Å². The van der Waals surface area contributed by atoms with E-state index in [1.54, 1.807) is 0 Å². The van der Waals surface area contributed by atoms with Crippen LogP contribution in [0.15, 0.2) is 24.4 Å². The molecule has 2 aromatic rings. The van der Waals surface area contributed by atoms with Gasteiger partial charge in [-0.3, -0.25) is 4.79 Å². The summed E-state index contributed by atoms with van der Waals surface area (Å²) < 4.78 is 68.7. The molecule has 0 bridgehead atoms. The summed E-state index contributed by atoms with van der Waals surface area (Å²) in [6.45, 7) is 1.14. The number of nitrogens with one attached hydrogen (secondary N) is 1. The molecule has 0 spiro atoms. The van der Waals surface area contributed by atoms with Gasteiger partial charge in [-0.05, 0) is 18.2 Å². The van der Waals surface area contributed by atoms with Crippen molar-refractivity contribution in [2.45, 2.75) is 12.4 Å². The number of ketones is 1. The molecular formula is C14H11F3N2O6S. The topological polar surface area (TPSA) is 115 Å². The van der Waals surface area contributed by atoms with Gasteiger partial charge in [-0.25, -0.2) is 9.78 Å². The fourth-order valence-corrected chi connectivity index (χ4v) is 2.41. The number of methoxy groups -OCH3 is 1. The number of halogens is 3. The van der Waals surface area contributed by atoms with Gasteiger partial charge < -0.3 is 13.9 Å². The molecule has 0 fully saturated rings. The lowest BCUT2D eigenvalue weighted by molar-refractivity contribution is -0.0501. The number of aromatic nitrogens is 2. The number of pyridine rings is 1. The number of aromatic amines is 1. The van der Waals surface area contributed by atoms with Crippen LogP contribution in [0.5, 0.6) is 5.88 Å². The third-order valence-electron chi connectivity index (χ3n) is 3.11. The fraction of sp³-hybridized carbons (Fsp3) is 0.214. The van der Waals surface area contributed by atoms with Crippen LogP contribution >= 0.6 is 0 Å². The highest BCUT2D eigenvalue weighted by Crippen LogP contribution is 2.35. The molecule has 2 heterocycles. The molecule has 140 valence electrons. The van der Waals surface area contributed by atoms with E-state index >= 15 is 0 Å². The minimum atomic E-state index is -5.98. The van der Waals surface area contributed by atoms with Crippen LogP contribution < -0.4 is 4.18 Å². The van der Waals surface area contributed by atoms with Crippen molar-refractivity contribution < 1.29 is 40.1 Å². The molecule has 8 nitrogen and oxygen atoms in total. The summed E-state index contributed by atoms with van der Waals surface area (Å²) in [4.78, 5) is 29.4. The monoisotopic (exact) mass is 392 g/mol. The van der Waals surface area contributed by atoms with Gasteiger partial charge >= 0.3 is 21.6 Å². The predicted molar refractivity (Wildman–Crippen MR) is 81.0 cm³/mol. The lowest BCUT2D eigenvalue weighted by atomic mass is 10.1. The number of rotatable bonds is 5. The van der Waals surface area contributed by atoms with E-state index in [1.807, 2.05) is 0 Å². The van der Waals surface area contributed by atoms with Gasteiger partial charge in [-0.2, -0.15) is 21.6 Å². The maximum Gasteiger partial charge on any atom is 0.534 e. The Kier molecular flexibility index (Phi) is 5.07. The average molecular weight is 392 g/mol. The number of carbonyl (C=O) groups is 2. The van der Waals surface area contributed by atoms with Crippen LogP contribution in [0.2, 0.25) is 0 Å². The summed E-state index contributed by atoms with van der Waals surface area (Å²) >= 11 is 0. The van der Waals surface area contributed by atoms with Crippen LogP contribution in [0.1, 0.15) is 27.9 Å². The second-order valence-corrected chi connectivity index (χ2v) is 6.40. The number of esters is 1. The quantitative estimate of drug-likeness (QED) is 0.359. The van der Waals surface area contributed by atoms with Crippen molar-refractivity contribution in [3.8, 4) is 17.0 Å². The summed E-state index contributed by atoms with van der Waals surface area (Å²) in [7, 11) is -4.89. The molecule has 26 heavy (non-hydrogen) atoms. The Bertz CT molecular complexity index is 965. The lowest BCUT2D eigenvalue weighted by Gasteiger charge is -2.11. The number of hydrogen-bond donors (Lipinski definition) is 1. The normalized spacial score (nSPS) is 11.9. The Morgan fingerprint density at radius 2 is 1.88 bits per heavy atom. The first-order chi connectivity index (χ1) is 12.0. The van der Waals surface area contributed by atoms with Crippen LogP contribution in [-0.4, -0.2) is 42.8 Å². The summed E-state index contributed by atoms with van der Waals surface area (Å²) in [5, 5.41) is 0. The molecular weight excluding hydrogens is 381 g/mol. The minimum absolute atomic E-state index is 0.0709. The largest absolute Gasteiger partial charge is 0.534 e. The van der Waals surface area contributed by atoms with Crippen LogP contribution in [0, 0.1) is 0 Å². The van der Waals surface area contributed by atoms with Crippen LogP contribution in [0.4, 0.5) is 13.2 Å². The van der Waals surface area contributed by atoms with Crippen molar-refractivity contribution in [1.29, 1.82) is 0 Å². The maximum absolute atomic E-state index is 12.6. The molecule has 0 aliphatic carbocycles. The zero-order chi connectivity index (χ0) is 19.7. The highest BCUT2D eigenvalue weighted by Gasteiger charge is 2.49. The molecule has 0 saturated carbocycles. The van der Waals surface area contributed by atoms with Crippen molar-refractivity contribution in [3.63, 3.8) is 0 Å². The number of alkyl halides is 3. The van der Waals surface area contributed by atoms with E-state index in [9.17, 15) is 31.2 Å². The lowest BCUT2D eigenvalue weighted by Crippen LogP contribution is -2.28. The highest BCUT2D eigenvalue weighted by molar-refractivity contribution is 7.88. The van der Waals surface area contributed by atoms with Crippen LogP contribution in [-0.2, 0) is 14.9 Å². The zero-order valence-corrected chi connectivity index (χ0v) is 14.1. The van der Waals surface area contributed by atoms with Gasteiger partial charge in [0.15, 0.2) is 5.78 Å². The predicted octanol–water partition coefficient (Wildman–Crippen LogP) is 2.29. The van der Waals surface area contributed by atoms with Gasteiger partial charge in [0.1, 0.15) is 5.69 Å². The molecule has 2 rings (SSSR count). The van der Waals surface area contributed by atoms with E-state index in [0.717, 1.165) is 26.3 Å². The molecule has 0 radical (unpaired) electrons. The van der Waals surface area contributed by atoms with Crippen LogP contribution in [0.25, 0.3) is 11.1 Å². The SMILES string of the molecule is COC(=O)c1cc(-c2cccnc2OS(=O)(=O)C(F)(F)F)c(C(C)=O)[nH]1. The molecule has 0 aromatic carbocycles. The van der Waals surface area contributed by atoms with Gasteiger partial charge in [0.2, 0.25) is 5.88 Å². The summed E-state index contributed by atoms with van der Waals surface area (Å²) in [6, 6.07) is 3.59. The van der Waals surface area contributed by atoms with E-state index in [-0.39, 0.29) is 22.5 Å². The molecule has 0 aliphatic rings. The van der Waals surface area contributed by atoms with E-state index in [0.29, 0.717) is 0 Å². The first-order valence-electron chi connectivity index (χ1n) is 6.76. The van der Waals surface area contributed by atoms with Crippen molar-refractivity contribution in [1.82, 2.24) is 9.97 Å². The molecule has 0 saturated heterocycles. The Labute approximate surface area is 145 Å². The summed E-state index contributed by atoms with van der Waals surface area (Å²) in [5.74, 6) is -2.31. The van der Waals surface area contributed by atoms with Crippen molar-refractivity contribution in [2.75, 3.05) is 7.11 Å². The number of nitrogens with zero attached hydrogens (tertiary/aromatic N) is 1. The maximum atomic E-state index is 12.6. The average Bonchev–Trinajstić information content (AvgIpc) is 2.98. The van der Waals surface area contributed by atoms with E-state index in [2.05, 4.69) is 18.9 Å². The van der Waals surface area contributed by atoms with Gasteiger partial charge in [0.05, 0.1) is 12.8 Å². The third-order valence-corrected chi connectivity index (χ3v) is 4.05. The number of Topliss-reactive ketones (excluding diaryl/α,β-unsaturated/α-hetero) is 1. The molecule has 12 heteroatoms.